The Morgan fingerprint density at radius 1 is 0.825 bits per heavy atom. The summed E-state index contributed by atoms with van der Waals surface area (Å²) in [6, 6.07) is 25.7. The fourth-order valence-corrected chi connectivity index (χ4v) is 6.37. The lowest BCUT2D eigenvalue weighted by atomic mass is 10.1. The van der Waals surface area contributed by atoms with Crippen molar-refractivity contribution in [3.05, 3.63) is 124 Å². The minimum Gasteiger partial charge on any atom is -0.345 e. The number of nitrogens with one attached hydrogen (secondary N) is 1. The number of sulfonamides is 1. The molecule has 4 aromatic carbocycles. The summed E-state index contributed by atoms with van der Waals surface area (Å²) in [6.07, 6.45) is 1.13. The van der Waals surface area contributed by atoms with Crippen LogP contribution < -0.4 is 9.62 Å². The van der Waals surface area contributed by atoms with E-state index in [9.17, 15) is 21.6 Å². The lowest BCUT2D eigenvalue weighted by molar-refractivity contribution is 0.0940. The Kier molecular flexibility index (Phi) is 8.68. The van der Waals surface area contributed by atoms with E-state index >= 15 is 0 Å². The number of carbonyl (C=O) groups excluding carboxylic acids is 1. The molecule has 0 fully saturated rings. The van der Waals surface area contributed by atoms with E-state index in [1.54, 1.807) is 91.9 Å². The van der Waals surface area contributed by atoms with Gasteiger partial charge in [-0.1, -0.05) is 65.7 Å². The minimum absolute atomic E-state index is 0.0276. The monoisotopic (exact) mass is 596 g/mol. The van der Waals surface area contributed by atoms with Gasteiger partial charge in [0, 0.05) is 11.3 Å². The Balaban J connectivity index is 1.71. The van der Waals surface area contributed by atoms with Gasteiger partial charge in [-0.05, 0) is 73.5 Å². The lowest BCUT2D eigenvalue weighted by Gasteiger charge is -2.27. The van der Waals surface area contributed by atoms with Crippen LogP contribution in [0, 0.1) is 6.92 Å². The molecule has 7 nitrogen and oxygen atoms in total. The number of para-hydroxylation sites is 1. The normalized spacial score (nSPS) is 12.5. The Bertz CT molecular complexity index is 1720. The van der Waals surface area contributed by atoms with Gasteiger partial charge in [0.25, 0.3) is 15.9 Å². The number of nitrogens with zero attached hydrogens (tertiary/aromatic N) is 1. The molecule has 0 aliphatic carbocycles. The average molecular weight is 597 g/mol. The van der Waals surface area contributed by atoms with Crippen molar-refractivity contribution in [2.45, 2.75) is 36.2 Å². The summed E-state index contributed by atoms with van der Waals surface area (Å²) < 4.78 is 52.7. The van der Waals surface area contributed by atoms with Gasteiger partial charge in [0.1, 0.15) is 0 Å². The van der Waals surface area contributed by atoms with Crippen LogP contribution in [0.25, 0.3) is 0 Å². The third kappa shape index (κ3) is 6.72. The van der Waals surface area contributed by atoms with Gasteiger partial charge < -0.3 is 5.32 Å². The predicted molar refractivity (Wildman–Crippen MR) is 158 cm³/mol. The molecular formula is C30H29ClN2O5S2. The predicted octanol–water partition coefficient (Wildman–Crippen LogP) is 5.94. The third-order valence-electron chi connectivity index (χ3n) is 6.42. The second kappa shape index (κ2) is 11.8. The van der Waals surface area contributed by atoms with Gasteiger partial charge in [0.15, 0.2) is 9.84 Å². The summed E-state index contributed by atoms with van der Waals surface area (Å²) in [7, 11) is -7.42. The van der Waals surface area contributed by atoms with Crippen molar-refractivity contribution in [1.29, 1.82) is 0 Å². The van der Waals surface area contributed by atoms with Crippen molar-refractivity contribution in [3.63, 3.8) is 0 Å². The molecule has 0 saturated heterocycles. The molecule has 1 atom stereocenters. The molecule has 1 N–H and O–H groups in total. The highest BCUT2D eigenvalue weighted by Crippen LogP contribution is 2.30. The van der Waals surface area contributed by atoms with Crippen molar-refractivity contribution >= 4 is 43.1 Å². The second-order valence-electron chi connectivity index (χ2n) is 9.50. The first-order valence-corrected chi connectivity index (χ1v) is 16.1. The minimum atomic E-state index is -4.07. The average Bonchev–Trinajstić information content (AvgIpc) is 2.92. The molecule has 40 heavy (non-hydrogen) atoms. The van der Waals surface area contributed by atoms with E-state index in [1.807, 2.05) is 6.92 Å². The summed E-state index contributed by atoms with van der Waals surface area (Å²) in [6.45, 7) is 3.61. The molecule has 0 spiro atoms. The van der Waals surface area contributed by atoms with Crippen LogP contribution >= 0.6 is 11.6 Å². The van der Waals surface area contributed by atoms with Gasteiger partial charge in [0.2, 0.25) is 0 Å². The third-order valence-corrected chi connectivity index (χ3v) is 9.58. The zero-order valence-corrected chi connectivity index (χ0v) is 24.6. The Labute approximate surface area is 240 Å². The van der Waals surface area contributed by atoms with Crippen molar-refractivity contribution in [2.75, 3.05) is 10.6 Å². The Morgan fingerprint density at radius 3 is 2.00 bits per heavy atom. The number of sulfone groups is 1. The van der Waals surface area contributed by atoms with Crippen LogP contribution in [-0.2, 0) is 26.4 Å². The molecule has 0 radical (unpaired) electrons. The van der Waals surface area contributed by atoms with Gasteiger partial charge >= 0.3 is 0 Å². The first-order valence-electron chi connectivity index (χ1n) is 12.4. The number of hydrogen-bond donors (Lipinski definition) is 1. The van der Waals surface area contributed by atoms with E-state index in [-0.39, 0.29) is 27.6 Å². The van der Waals surface area contributed by atoms with Crippen molar-refractivity contribution in [2.24, 2.45) is 0 Å². The van der Waals surface area contributed by atoms with E-state index in [1.165, 1.54) is 16.4 Å². The molecule has 0 bridgehead atoms. The van der Waals surface area contributed by atoms with Gasteiger partial charge in [-0.15, -0.1) is 0 Å². The first-order chi connectivity index (χ1) is 18.9. The number of halogens is 1. The zero-order valence-electron chi connectivity index (χ0n) is 22.2. The van der Waals surface area contributed by atoms with Crippen LogP contribution in [-0.4, -0.2) is 29.0 Å². The summed E-state index contributed by atoms with van der Waals surface area (Å²) in [5, 5.41) is 3.43. The van der Waals surface area contributed by atoms with Crippen molar-refractivity contribution < 1.29 is 21.6 Å². The molecule has 4 aromatic rings. The molecule has 0 saturated carbocycles. The summed E-state index contributed by atoms with van der Waals surface area (Å²) in [5.74, 6) is -0.476. The van der Waals surface area contributed by atoms with E-state index in [0.717, 1.165) is 11.8 Å². The van der Waals surface area contributed by atoms with E-state index in [4.69, 9.17) is 11.6 Å². The van der Waals surface area contributed by atoms with Gasteiger partial charge in [-0.25, -0.2) is 16.8 Å². The first kappa shape index (κ1) is 29.3. The van der Waals surface area contributed by atoms with Crippen LogP contribution in [0.5, 0.6) is 0 Å². The van der Waals surface area contributed by atoms with Crippen LogP contribution in [0.15, 0.2) is 107 Å². The summed E-state index contributed by atoms with van der Waals surface area (Å²) in [5.41, 5.74) is 2.70. The maximum Gasteiger partial charge on any atom is 0.264 e. The van der Waals surface area contributed by atoms with Gasteiger partial charge in [-0.3, -0.25) is 9.10 Å². The van der Waals surface area contributed by atoms with E-state index in [0.29, 0.717) is 16.1 Å². The number of carbonyl (C=O) groups is 1. The quantitative estimate of drug-likeness (QED) is 0.258. The van der Waals surface area contributed by atoms with Crippen LogP contribution in [0.4, 0.5) is 5.69 Å². The largest absolute Gasteiger partial charge is 0.345 e. The fraction of sp³-hybridized carbons (Fsp3) is 0.167. The molecule has 0 aliphatic heterocycles. The van der Waals surface area contributed by atoms with E-state index in [2.05, 4.69) is 5.32 Å². The molecule has 4 rings (SSSR count). The lowest BCUT2D eigenvalue weighted by Crippen LogP contribution is -2.34. The number of aryl methyl sites for hydroxylation is 1. The SMILES string of the molecule is Cc1ccc(S(=O)(=O)N(Cc2ccc(Cl)cc2)c2ccccc2C(=O)N[C@@H](C)c2ccc(S(C)(=O)=O)cc2)cc1. The molecule has 1 amide bonds. The van der Waals surface area contributed by atoms with Crippen molar-refractivity contribution in [3.8, 4) is 0 Å². The number of rotatable bonds is 9. The van der Waals surface area contributed by atoms with Crippen LogP contribution in [0.1, 0.15) is 40.0 Å². The summed E-state index contributed by atoms with van der Waals surface area (Å²) in [4.78, 5) is 13.8. The Morgan fingerprint density at radius 2 is 1.40 bits per heavy atom. The second-order valence-corrected chi connectivity index (χ2v) is 13.8. The molecule has 0 aromatic heterocycles. The topological polar surface area (TPSA) is 101 Å². The van der Waals surface area contributed by atoms with Crippen molar-refractivity contribution in [1.82, 2.24) is 5.32 Å². The van der Waals surface area contributed by atoms with Gasteiger partial charge in [-0.2, -0.15) is 0 Å². The number of benzene rings is 4. The highest BCUT2D eigenvalue weighted by atomic mass is 35.5. The maximum absolute atomic E-state index is 14.0. The highest BCUT2D eigenvalue weighted by molar-refractivity contribution is 7.92. The zero-order chi connectivity index (χ0) is 29.1. The summed E-state index contributed by atoms with van der Waals surface area (Å²) >= 11 is 6.05. The fourth-order valence-electron chi connectivity index (χ4n) is 4.14. The van der Waals surface area contributed by atoms with Gasteiger partial charge in [0.05, 0.1) is 33.6 Å². The van der Waals surface area contributed by atoms with Crippen LogP contribution in [0.3, 0.4) is 0 Å². The molecule has 10 heteroatoms. The number of anilines is 1. The maximum atomic E-state index is 14.0. The van der Waals surface area contributed by atoms with Crippen LogP contribution in [0.2, 0.25) is 5.02 Å². The highest BCUT2D eigenvalue weighted by Gasteiger charge is 2.29. The number of hydrogen-bond acceptors (Lipinski definition) is 5. The molecule has 0 aliphatic rings. The smallest absolute Gasteiger partial charge is 0.264 e. The standard InChI is InChI=1S/C30H29ClN2O5S2/c1-21-8-16-27(17-9-21)40(37,38)33(20-23-10-14-25(31)15-11-23)29-7-5-4-6-28(29)30(34)32-22(2)24-12-18-26(19-13-24)39(3,35)36/h4-19,22H,20H2,1-3H3,(H,32,34)/t22-/m0/s1. The molecular weight excluding hydrogens is 568 g/mol. The molecule has 208 valence electrons. The Hall–Kier alpha value is -3.66. The number of amides is 1. The molecule has 0 heterocycles. The molecule has 0 unspecified atom stereocenters. The van der Waals surface area contributed by atoms with E-state index < -0.39 is 31.8 Å².